The van der Waals surface area contributed by atoms with Crippen LogP contribution in [-0.2, 0) is 9.53 Å². The fraction of sp³-hybridized carbons (Fsp3) is 0.455. The van der Waals surface area contributed by atoms with Gasteiger partial charge in [-0.2, -0.15) is 0 Å². The number of aliphatic hydroxyl groups is 2. The predicted molar refractivity (Wildman–Crippen MR) is 64.2 cm³/mol. The highest BCUT2D eigenvalue weighted by molar-refractivity contribution is 8.13. The minimum Gasteiger partial charge on any atom is -0.463 e. The van der Waals surface area contributed by atoms with Crippen molar-refractivity contribution >= 4 is 22.8 Å². The van der Waals surface area contributed by atoms with Gasteiger partial charge in [0.15, 0.2) is 5.12 Å². The summed E-state index contributed by atoms with van der Waals surface area (Å²) in [5.41, 5.74) is 0. The Balaban J connectivity index is 2.65. The molecule has 0 aliphatic rings. The van der Waals surface area contributed by atoms with Crippen molar-refractivity contribution in [2.45, 2.75) is 19.1 Å². The average molecular weight is 274 g/mol. The van der Waals surface area contributed by atoms with Gasteiger partial charge < -0.3 is 19.4 Å². The van der Waals surface area contributed by atoms with Gasteiger partial charge in [0.05, 0.1) is 13.2 Å². The van der Waals surface area contributed by atoms with Gasteiger partial charge >= 0.3 is 5.97 Å². The lowest BCUT2D eigenvalue weighted by Crippen LogP contribution is -2.21. The molecule has 1 heterocycles. The van der Waals surface area contributed by atoms with Crippen LogP contribution in [0.5, 0.6) is 0 Å². The largest absolute Gasteiger partial charge is 0.463 e. The standard InChI is InChI=1S/C11H14O6S/c1-6(12)18-5-7(13)10(14)8-3-4-9(17-8)11(15)16-2/h3-4,7,10,13-14H,5H2,1-2H3. The smallest absolute Gasteiger partial charge is 0.373 e. The lowest BCUT2D eigenvalue weighted by atomic mass is 10.2. The number of rotatable bonds is 5. The summed E-state index contributed by atoms with van der Waals surface area (Å²) in [5.74, 6) is -0.629. The zero-order valence-electron chi connectivity index (χ0n) is 9.95. The third kappa shape index (κ3) is 3.86. The molecule has 0 aromatic carbocycles. The Morgan fingerprint density at radius 2 is 2.11 bits per heavy atom. The Morgan fingerprint density at radius 1 is 1.44 bits per heavy atom. The Labute approximate surface area is 108 Å². The van der Waals surface area contributed by atoms with Crippen molar-refractivity contribution in [1.29, 1.82) is 0 Å². The molecule has 0 saturated heterocycles. The quantitative estimate of drug-likeness (QED) is 0.764. The molecule has 1 rings (SSSR count). The number of hydrogen-bond donors (Lipinski definition) is 2. The van der Waals surface area contributed by atoms with Crippen molar-refractivity contribution in [1.82, 2.24) is 0 Å². The molecule has 0 fully saturated rings. The molecule has 0 radical (unpaired) electrons. The van der Waals surface area contributed by atoms with Gasteiger partial charge in [0.2, 0.25) is 5.76 Å². The van der Waals surface area contributed by atoms with E-state index in [9.17, 15) is 19.8 Å². The number of carbonyl (C=O) groups is 2. The number of ether oxygens (including phenoxy) is 1. The normalized spacial score (nSPS) is 14.0. The van der Waals surface area contributed by atoms with E-state index < -0.39 is 18.2 Å². The van der Waals surface area contributed by atoms with E-state index in [1.807, 2.05) is 0 Å². The zero-order chi connectivity index (χ0) is 13.7. The summed E-state index contributed by atoms with van der Waals surface area (Å²) >= 11 is 0.898. The molecular formula is C11H14O6S. The second-order valence-corrected chi connectivity index (χ2v) is 4.71. The van der Waals surface area contributed by atoms with E-state index in [0.717, 1.165) is 11.8 Å². The van der Waals surface area contributed by atoms with Gasteiger partial charge in [0, 0.05) is 12.7 Å². The minimum atomic E-state index is -1.30. The Morgan fingerprint density at radius 3 is 2.67 bits per heavy atom. The van der Waals surface area contributed by atoms with Crippen LogP contribution in [0.1, 0.15) is 29.3 Å². The topological polar surface area (TPSA) is 97.0 Å². The van der Waals surface area contributed by atoms with Crippen LogP contribution in [0.15, 0.2) is 16.5 Å². The summed E-state index contributed by atoms with van der Waals surface area (Å²) in [6, 6.07) is 2.72. The molecule has 7 heteroatoms. The Hall–Kier alpha value is -1.31. The first-order chi connectivity index (χ1) is 8.45. The van der Waals surface area contributed by atoms with E-state index in [4.69, 9.17) is 4.42 Å². The molecule has 6 nitrogen and oxygen atoms in total. The first-order valence-corrected chi connectivity index (χ1v) is 6.11. The molecule has 0 aliphatic heterocycles. The van der Waals surface area contributed by atoms with Crippen molar-refractivity contribution in [3.8, 4) is 0 Å². The van der Waals surface area contributed by atoms with Crippen molar-refractivity contribution < 1.29 is 29.0 Å². The molecule has 0 bridgehead atoms. The first kappa shape index (κ1) is 14.7. The van der Waals surface area contributed by atoms with Gasteiger partial charge in [-0.25, -0.2) is 4.79 Å². The molecule has 0 saturated carbocycles. The summed E-state index contributed by atoms with van der Waals surface area (Å²) in [4.78, 5) is 21.9. The lowest BCUT2D eigenvalue weighted by molar-refractivity contribution is -0.109. The molecule has 1 aromatic heterocycles. The van der Waals surface area contributed by atoms with Gasteiger partial charge in [-0.1, -0.05) is 11.8 Å². The van der Waals surface area contributed by atoms with Crippen LogP contribution in [0.25, 0.3) is 0 Å². The summed E-state index contributed by atoms with van der Waals surface area (Å²) in [6.07, 6.45) is -2.45. The maximum atomic E-state index is 11.1. The Kier molecular flexibility index (Phi) is 5.39. The van der Waals surface area contributed by atoms with Crippen LogP contribution in [0.3, 0.4) is 0 Å². The molecule has 100 valence electrons. The van der Waals surface area contributed by atoms with Gasteiger partial charge in [-0.15, -0.1) is 0 Å². The SMILES string of the molecule is COC(=O)c1ccc(C(O)C(O)CSC(C)=O)o1. The van der Waals surface area contributed by atoms with Gasteiger partial charge in [-0.05, 0) is 12.1 Å². The van der Waals surface area contributed by atoms with Gasteiger partial charge in [-0.3, -0.25) is 4.79 Å². The number of carbonyl (C=O) groups excluding carboxylic acids is 2. The van der Waals surface area contributed by atoms with Crippen LogP contribution in [0.2, 0.25) is 0 Å². The molecule has 0 aliphatic carbocycles. The van der Waals surface area contributed by atoms with E-state index in [-0.39, 0.29) is 22.4 Å². The van der Waals surface area contributed by atoms with Crippen LogP contribution in [0, 0.1) is 0 Å². The summed E-state index contributed by atoms with van der Waals surface area (Å²) < 4.78 is 9.49. The third-order valence-corrected chi connectivity index (χ3v) is 3.04. The van der Waals surface area contributed by atoms with Crippen molar-refractivity contribution in [2.24, 2.45) is 0 Å². The first-order valence-electron chi connectivity index (χ1n) is 5.13. The number of methoxy groups -OCH3 is 1. The van der Waals surface area contributed by atoms with Gasteiger partial charge in [0.25, 0.3) is 0 Å². The van der Waals surface area contributed by atoms with Crippen molar-refractivity contribution in [2.75, 3.05) is 12.9 Å². The molecular weight excluding hydrogens is 260 g/mol. The number of furan rings is 1. The summed E-state index contributed by atoms with van der Waals surface area (Å²) in [5, 5.41) is 19.2. The fourth-order valence-corrected chi connectivity index (χ4v) is 1.79. The second-order valence-electron chi connectivity index (χ2n) is 3.51. The van der Waals surface area contributed by atoms with Crippen LogP contribution >= 0.6 is 11.8 Å². The molecule has 0 spiro atoms. The van der Waals surface area contributed by atoms with E-state index in [0.29, 0.717) is 0 Å². The summed E-state index contributed by atoms with van der Waals surface area (Å²) in [7, 11) is 1.21. The van der Waals surface area contributed by atoms with E-state index in [1.54, 1.807) is 0 Å². The van der Waals surface area contributed by atoms with Crippen LogP contribution in [0.4, 0.5) is 0 Å². The minimum absolute atomic E-state index is 0.0464. The highest BCUT2D eigenvalue weighted by Crippen LogP contribution is 2.22. The van der Waals surface area contributed by atoms with E-state index in [2.05, 4.69) is 4.74 Å². The second kappa shape index (κ2) is 6.58. The van der Waals surface area contributed by atoms with Crippen LogP contribution in [-0.4, -0.2) is 40.3 Å². The average Bonchev–Trinajstić information content (AvgIpc) is 2.83. The number of esters is 1. The fourth-order valence-electron chi connectivity index (χ4n) is 1.21. The molecule has 2 unspecified atom stereocenters. The Bertz CT molecular complexity index is 427. The van der Waals surface area contributed by atoms with E-state index >= 15 is 0 Å². The molecule has 1 aromatic rings. The zero-order valence-corrected chi connectivity index (χ0v) is 10.8. The highest BCUT2D eigenvalue weighted by atomic mass is 32.2. The van der Waals surface area contributed by atoms with Crippen molar-refractivity contribution in [3.05, 3.63) is 23.7 Å². The molecule has 2 atom stereocenters. The highest BCUT2D eigenvalue weighted by Gasteiger charge is 2.23. The van der Waals surface area contributed by atoms with Gasteiger partial charge in [0.1, 0.15) is 11.9 Å². The number of hydrogen-bond acceptors (Lipinski definition) is 7. The maximum absolute atomic E-state index is 11.1. The molecule has 18 heavy (non-hydrogen) atoms. The monoisotopic (exact) mass is 274 g/mol. The third-order valence-electron chi connectivity index (χ3n) is 2.13. The number of aliphatic hydroxyl groups excluding tert-OH is 2. The maximum Gasteiger partial charge on any atom is 0.373 e. The lowest BCUT2D eigenvalue weighted by Gasteiger charge is -2.14. The predicted octanol–water partition coefficient (Wildman–Crippen LogP) is 0.740. The number of thioether (sulfide) groups is 1. The molecule has 2 N–H and O–H groups in total. The van der Waals surface area contributed by atoms with E-state index in [1.165, 1.54) is 26.2 Å². The summed E-state index contributed by atoms with van der Waals surface area (Å²) in [6.45, 7) is 1.37. The van der Waals surface area contributed by atoms with Crippen molar-refractivity contribution in [3.63, 3.8) is 0 Å². The van der Waals surface area contributed by atoms with Crippen LogP contribution < -0.4 is 0 Å². The molecule has 0 amide bonds.